The van der Waals surface area contributed by atoms with Gasteiger partial charge >= 0.3 is 5.97 Å². The number of ether oxygens (including phenoxy) is 1. The summed E-state index contributed by atoms with van der Waals surface area (Å²) in [5.74, 6) is 0.0337. The number of hydrogen-bond acceptors (Lipinski definition) is 3. The van der Waals surface area contributed by atoms with Gasteiger partial charge in [0.05, 0.1) is 11.9 Å². The third-order valence-corrected chi connectivity index (χ3v) is 3.23. The second-order valence-corrected chi connectivity index (χ2v) is 4.48. The highest BCUT2D eigenvalue weighted by atomic mass is 32.2. The summed E-state index contributed by atoms with van der Waals surface area (Å²) in [5.41, 5.74) is 1.06. The van der Waals surface area contributed by atoms with Crippen LogP contribution in [0.25, 0.3) is 0 Å². The third-order valence-electron chi connectivity index (χ3n) is 2.19. The Labute approximate surface area is 99.8 Å². The average molecular weight is 240 g/mol. The van der Waals surface area contributed by atoms with E-state index in [1.807, 2.05) is 30.3 Å². The largest absolute Gasteiger partial charge is 0.481 e. The predicted molar refractivity (Wildman–Crippen MR) is 65.6 cm³/mol. The van der Waals surface area contributed by atoms with E-state index < -0.39 is 5.97 Å². The lowest BCUT2D eigenvalue weighted by Gasteiger charge is -2.11. The van der Waals surface area contributed by atoms with Crippen LogP contribution in [0.2, 0.25) is 0 Å². The lowest BCUT2D eigenvalue weighted by Crippen LogP contribution is -2.19. The minimum atomic E-state index is -0.743. The summed E-state index contributed by atoms with van der Waals surface area (Å²) in [6.07, 6.45) is 0.576. The zero-order valence-electron chi connectivity index (χ0n) is 9.26. The fourth-order valence-corrected chi connectivity index (χ4v) is 2.20. The highest BCUT2D eigenvalue weighted by molar-refractivity contribution is 7.99. The summed E-state index contributed by atoms with van der Waals surface area (Å²) in [4.78, 5) is 11.0. The molecule has 1 rings (SSSR count). The molecule has 0 radical (unpaired) electrons. The maximum absolute atomic E-state index is 11.0. The number of aliphatic carboxylic acids is 1. The Bertz CT molecular complexity index is 313. The second kappa shape index (κ2) is 7.30. The molecule has 0 aromatic heterocycles. The van der Waals surface area contributed by atoms with Crippen molar-refractivity contribution in [1.82, 2.24) is 0 Å². The smallest absolute Gasteiger partial charge is 0.307 e. The van der Waals surface area contributed by atoms with E-state index in [1.165, 1.54) is 11.8 Å². The molecule has 0 saturated heterocycles. The molecule has 4 heteroatoms. The van der Waals surface area contributed by atoms with Crippen LogP contribution in [0, 0.1) is 5.92 Å². The first-order valence-corrected chi connectivity index (χ1v) is 6.23. The molecule has 0 saturated carbocycles. The first-order chi connectivity index (χ1) is 7.74. The molecule has 0 aliphatic heterocycles. The molecular weight excluding hydrogens is 224 g/mol. The molecule has 1 atom stereocenters. The minimum absolute atomic E-state index is 0.345. The van der Waals surface area contributed by atoms with Crippen LogP contribution in [-0.4, -0.2) is 29.9 Å². The Morgan fingerprint density at radius 1 is 1.44 bits per heavy atom. The summed E-state index contributed by atoms with van der Waals surface area (Å²) in [7, 11) is 1.61. The molecule has 0 amide bonds. The zero-order chi connectivity index (χ0) is 11.8. The Kier molecular flexibility index (Phi) is 5.96. The van der Waals surface area contributed by atoms with Crippen LogP contribution in [0.15, 0.2) is 30.3 Å². The minimum Gasteiger partial charge on any atom is -0.481 e. The molecule has 0 bridgehead atoms. The molecule has 88 valence electrons. The van der Waals surface area contributed by atoms with E-state index in [-0.39, 0.29) is 5.92 Å². The maximum Gasteiger partial charge on any atom is 0.307 e. The summed E-state index contributed by atoms with van der Waals surface area (Å²) in [5, 5.41) is 9.08. The van der Waals surface area contributed by atoms with Crippen molar-refractivity contribution in [2.45, 2.75) is 6.42 Å². The lowest BCUT2D eigenvalue weighted by atomic mass is 10.0. The van der Waals surface area contributed by atoms with Crippen molar-refractivity contribution < 1.29 is 14.6 Å². The average Bonchev–Trinajstić information content (AvgIpc) is 2.29. The molecular formula is C12H16O3S. The van der Waals surface area contributed by atoms with E-state index in [9.17, 15) is 4.79 Å². The Balaban J connectivity index is 2.48. The van der Waals surface area contributed by atoms with E-state index in [2.05, 4.69) is 0 Å². The van der Waals surface area contributed by atoms with Gasteiger partial charge in [0, 0.05) is 12.9 Å². The van der Waals surface area contributed by atoms with Gasteiger partial charge in [-0.05, 0) is 12.0 Å². The van der Waals surface area contributed by atoms with E-state index in [0.29, 0.717) is 18.1 Å². The Morgan fingerprint density at radius 2 is 2.12 bits per heavy atom. The second-order valence-electron chi connectivity index (χ2n) is 3.50. The summed E-state index contributed by atoms with van der Waals surface area (Å²) in [6, 6.07) is 9.69. The van der Waals surface area contributed by atoms with Crippen molar-refractivity contribution >= 4 is 17.7 Å². The number of rotatable bonds is 7. The van der Waals surface area contributed by atoms with Crippen molar-refractivity contribution in [1.29, 1.82) is 0 Å². The van der Waals surface area contributed by atoms with Crippen molar-refractivity contribution in [2.24, 2.45) is 5.92 Å². The quantitative estimate of drug-likeness (QED) is 0.586. The van der Waals surface area contributed by atoms with Crippen molar-refractivity contribution in [2.75, 3.05) is 18.8 Å². The summed E-state index contributed by atoms with van der Waals surface area (Å²) >= 11 is 1.51. The van der Waals surface area contributed by atoms with Crippen molar-refractivity contribution in [3.63, 3.8) is 0 Å². The van der Waals surface area contributed by atoms with Crippen LogP contribution in [0.4, 0.5) is 0 Å². The molecule has 0 spiro atoms. The van der Waals surface area contributed by atoms with Crippen LogP contribution in [-0.2, 0) is 16.0 Å². The first-order valence-electron chi connectivity index (χ1n) is 5.07. The third kappa shape index (κ3) is 4.68. The van der Waals surface area contributed by atoms with Crippen LogP contribution < -0.4 is 0 Å². The fraction of sp³-hybridized carbons (Fsp3) is 0.417. The van der Waals surface area contributed by atoms with E-state index in [4.69, 9.17) is 9.84 Å². The molecule has 1 unspecified atom stereocenters. The van der Waals surface area contributed by atoms with E-state index in [1.54, 1.807) is 7.11 Å². The Morgan fingerprint density at radius 3 is 2.69 bits per heavy atom. The monoisotopic (exact) mass is 240 g/mol. The number of carboxylic acid groups (broad SMARTS) is 1. The van der Waals surface area contributed by atoms with Crippen LogP contribution in [0.1, 0.15) is 5.56 Å². The van der Waals surface area contributed by atoms with Crippen molar-refractivity contribution in [3.8, 4) is 0 Å². The van der Waals surface area contributed by atoms with Gasteiger partial charge in [-0.25, -0.2) is 0 Å². The molecule has 0 aliphatic rings. The molecule has 1 aromatic rings. The molecule has 1 aromatic carbocycles. The highest BCUT2D eigenvalue weighted by Gasteiger charge is 2.17. The number of carbonyl (C=O) groups is 1. The number of carboxylic acids is 1. The number of methoxy groups -OCH3 is 1. The standard InChI is InChI=1S/C12H16O3S/c1-15-9-16-8-11(12(13)14)7-10-5-3-2-4-6-10/h2-6,11H,7-9H2,1H3,(H,13,14). The van der Waals surface area contributed by atoms with Crippen molar-refractivity contribution in [3.05, 3.63) is 35.9 Å². The van der Waals surface area contributed by atoms with Crippen LogP contribution in [0.3, 0.4) is 0 Å². The molecule has 16 heavy (non-hydrogen) atoms. The fourth-order valence-electron chi connectivity index (χ4n) is 1.39. The normalized spacial score (nSPS) is 12.3. The summed E-state index contributed by atoms with van der Waals surface area (Å²) in [6.45, 7) is 0. The van der Waals surface area contributed by atoms with Gasteiger partial charge in [-0.3, -0.25) is 4.79 Å². The lowest BCUT2D eigenvalue weighted by molar-refractivity contribution is -0.140. The van der Waals surface area contributed by atoms with Gasteiger partial charge in [0.1, 0.15) is 0 Å². The SMILES string of the molecule is COCSCC(Cc1ccccc1)C(=O)O. The first kappa shape index (κ1) is 13.1. The van der Waals surface area contributed by atoms with Gasteiger partial charge in [-0.2, -0.15) is 0 Å². The number of benzene rings is 1. The van der Waals surface area contributed by atoms with Gasteiger partial charge in [-0.1, -0.05) is 30.3 Å². The molecule has 3 nitrogen and oxygen atoms in total. The predicted octanol–water partition coefficient (Wildman–Crippen LogP) is 2.27. The van der Waals surface area contributed by atoms with Gasteiger partial charge in [-0.15, -0.1) is 11.8 Å². The molecule has 0 fully saturated rings. The van der Waals surface area contributed by atoms with Gasteiger partial charge in [0.15, 0.2) is 0 Å². The van der Waals surface area contributed by atoms with Gasteiger partial charge < -0.3 is 9.84 Å². The topological polar surface area (TPSA) is 46.5 Å². The van der Waals surface area contributed by atoms with Gasteiger partial charge in [0.2, 0.25) is 0 Å². The highest BCUT2D eigenvalue weighted by Crippen LogP contribution is 2.15. The van der Waals surface area contributed by atoms with Crippen LogP contribution in [0.5, 0.6) is 0 Å². The number of thioether (sulfide) groups is 1. The number of hydrogen-bond donors (Lipinski definition) is 1. The van der Waals surface area contributed by atoms with E-state index >= 15 is 0 Å². The Hall–Kier alpha value is -1.00. The molecule has 1 N–H and O–H groups in total. The van der Waals surface area contributed by atoms with Crippen LogP contribution >= 0.6 is 11.8 Å². The summed E-state index contributed by atoms with van der Waals surface area (Å²) < 4.78 is 4.89. The molecule has 0 aliphatic carbocycles. The maximum atomic E-state index is 11.0. The zero-order valence-corrected chi connectivity index (χ0v) is 10.1. The van der Waals surface area contributed by atoms with Gasteiger partial charge in [0.25, 0.3) is 0 Å². The molecule has 0 heterocycles. The van der Waals surface area contributed by atoms with E-state index in [0.717, 1.165) is 5.56 Å².